The third kappa shape index (κ3) is 3.04. The molecule has 1 aromatic heterocycles. The van der Waals surface area contributed by atoms with Gasteiger partial charge < -0.3 is 4.74 Å². The van der Waals surface area contributed by atoms with Crippen molar-refractivity contribution in [3.05, 3.63) is 55.2 Å². The fourth-order valence-electron chi connectivity index (χ4n) is 1.31. The first-order valence-corrected chi connectivity index (χ1v) is 6.38. The van der Waals surface area contributed by atoms with Gasteiger partial charge in [0.1, 0.15) is 6.61 Å². The molecule has 88 valence electrons. The van der Waals surface area contributed by atoms with E-state index in [1.807, 2.05) is 12.1 Å². The molecular weight excluding hydrogens is 306 g/mol. The van der Waals surface area contributed by atoms with Crippen LogP contribution in [0, 0.1) is 10.1 Å². The van der Waals surface area contributed by atoms with E-state index in [0.717, 1.165) is 8.66 Å². The van der Waals surface area contributed by atoms with E-state index in [0.29, 0.717) is 12.4 Å². The van der Waals surface area contributed by atoms with Crippen LogP contribution in [-0.4, -0.2) is 4.92 Å². The molecular formula is C11H8BrNO3S. The van der Waals surface area contributed by atoms with Crippen LogP contribution in [0.5, 0.6) is 5.75 Å². The van der Waals surface area contributed by atoms with Gasteiger partial charge in [0.05, 0.1) is 8.71 Å². The predicted octanol–water partition coefficient (Wildman–Crippen LogP) is 4.00. The molecule has 0 fully saturated rings. The Hall–Kier alpha value is -1.40. The van der Waals surface area contributed by atoms with Crippen molar-refractivity contribution >= 4 is 33.0 Å². The number of nitro groups is 1. The molecule has 6 heteroatoms. The highest BCUT2D eigenvalue weighted by Crippen LogP contribution is 2.28. The lowest BCUT2D eigenvalue weighted by molar-refractivity contribution is -0.385. The lowest BCUT2D eigenvalue weighted by Gasteiger charge is -2.04. The van der Waals surface area contributed by atoms with Gasteiger partial charge >= 0.3 is 5.69 Å². The molecule has 0 unspecified atom stereocenters. The summed E-state index contributed by atoms with van der Waals surface area (Å²) in [5, 5.41) is 10.8. The first kappa shape index (κ1) is 12.1. The van der Waals surface area contributed by atoms with Crippen molar-refractivity contribution in [2.24, 2.45) is 0 Å². The van der Waals surface area contributed by atoms with Crippen LogP contribution in [0.1, 0.15) is 4.88 Å². The summed E-state index contributed by atoms with van der Waals surface area (Å²) in [4.78, 5) is 11.3. The van der Waals surface area contributed by atoms with Gasteiger partial charge in [-0.15, -0.1) is 11.3 Å². The molecule has 0 aliphatic carbocycles. The van der Waals surface area contributed by atoms with Gasteiger partial charge in [-0.05, 0) is 34.1 Å². The van der Waals surface area contributed by atoms with Gasteiger partial charge in [-0.1, -0.05) is 12.1 Å². The summed E-state index contributed by atoms with van der Waals surface area (Å²) in [6.45, 7) is 0.334. The number of para-hydroxylation sites is 2. The van der Waals surface area contributed by atoms with Crippen LogP contribution in [0.2, 0.25) is 0 Å². The van der Waals surface area contributed by atoms with E-state index in [9.17, 15) is 10.1 Å². The number of rotatable bonds is 4. The van der Waals surface area contributed by atoms with Crippen LogP contribution in [0.3, 0.4) is 0 Å². The smallest absolute Gasteiger partial charge is 0.310 e. The second kappa shape index (κ2) is 5.29. The first-order chi connectivity index (χ1) is 8.16. The summed E-state index contributed by atoms with van der Waals surface area (Å²) >= 11 is 4.89. The maximum absolute atomic E-state index is 10.8. The van der Waals surface area contributed by atoms with E-state index < -0.39 is 4.92 Å². The molecule has 0 aliphatic rings. The number of hydrogen-bond donors (Lipinski definition) is 0. The third-order valence-electron chi connectivity index (χ3n) is 2.06. The molecule has 2 rings (SSSR count). The maximum Gasteiger partial charge on any atom is 0.310 e. The molecule has 0 amide bonds. The summed E-state index contributed by atoms with van der Waals surface area (Å²) in [5.41, 5.74) is -0.0110. The molecule has 0 saturated heterocycles. The van der Waals surface area contributed by atoms with E-state index in [4.69, 9.17) is 4.74 Å². The lowest BCUT2D eigenvalue weighted by Crippen LogP contribution is -1.97. The number of benzene rings is 1. The Kier molecular flexibility index (Phi) is 3.75. The largest absolute Gasteiger partial charge is 0.481 e. The highest BCUT2D eigenvalue weighted by molar-refractivity contribution is 9.11. The Morgan fingerprint density at radius 1 is 1.29 bits per heavy atom. The Morgan fingerprint density at radius 2 is 2.06 bits per heavy atom. The number of ether oxygens (including phenoxy) is 1. The Morgan fingerprint density at radius 3 is 2.71 bits per heavy atom. The highest BCUT2D eigenvalue weighted by atomic mass is 79.9. The minimum atomic E-state index is -0.445. The summed E-state index contributed by atoms with van der Waals surface area (Å²) < 4.78 is 6.46. The molecule has 17 heavy (non-hydrogen) atoms. The van der Waals surface area contributed by atoms with Gasteiger partial charge in [0.2, 0.25) is 0 Å². The number of thiophene rings is 1. The molecule has 0 saturated carbocycles. The van der Waals surface area contributed by atoms with Gasteiger partial charge in [0.25, 0.3) is 0 Å². The SMILES string of the molecule is O=[N+]([O-])c1ccccc1OCc1ccc(Br)s1. The molecule has 0 aliphatic heterocycles. The summed E-state index contributed by atoms with van der Waals surface area (Å²) in [5.74, 6) is 0.294. The zero-order chi connectivity index (χ0) is 12.3. The molecule has 0 atom stereocenters. The summed E-state index contributed by atoms with van der Waals surface area (Å²) in [6.07, 6.45) is 0. The van der Waals surface area contributed by atoms with Crippen molar-refractivity contribution in [3.63, 3.8) is 0 Å². The summed E-state index contributed by atoms with van der Waals surface area (Å²) in [7, 11) is 0. The van der Waals surface area contributed by atoms with E-state index >= 15 is 0 Å². The van der Waals surface area contributed by atoms with Crippen molar-refractivity contribution in [3.8, 4) is 5.75 Å². The minimum Gasteiger partial charge on any atom is -0.481 e. The van der Waals surface area contributed by atoms with Crippen LogP contribution in [0.15, 0.2) is 40.2 Å². The van der Waals surface area contributed by atoms with Crippen molar-refractivity contribution in [2.75, 3.05) is 0 Å². The lowest BCUT2D eigenvalue weighted by atomic mass is 10.3. The van der Waals surface area contributed by atoms with Gasteiger partial charge in [-0.3, -0.25) is 10.1 Å². The zero-order valence-electron chi connectivity index (χ0n) is 8.63. The zero-order valence-corrected chi connectivity index (χ0v) is 11.0. The van der Waals surface area contributed by atoms with Crippen molar-refractivity contribution in [2.45, 2.75) is 6.61 Å². The van der Waals surface area contributed by atoms with E-state index in [-0.39, 0.29) is 5.69 Å². The van der Waals surface area contributed by atoms with Crippen LogP contribution in [0.4, 0.5) is 5.69 Å². The highest BCUT2D eigenvalue weighted by Gasteiger charge is 2.13. The molecule has 1 heterocycles. The van der Waals surface area contributed by atoms with Crippen LogP contribution >= 0.6 is 27.3 Å². The van der Waals surface area contributed by atoms with Gasteiger partial charge in [-0.2, -0.15) is 0 Å². The second-order valence-corrected chi connectivity index (χ2v) is 5.77. The fraction of sp³-hybridized carbons (Fsp3) is 0.0909. The standard InChI is InChI=1S/C11H8BrNO3S/c12-11-6-5-8(17-11)7-16-10-4-2-1-3-9(10)13(14)15/h1-6H,7H2. The number of nitrogens with zero attached hydrogens (tertiary/aromatic N) is 1. The van der Waals surface area contributed by atoms with E-state index in [1.165, 1.54) is 6.07 Å². The number of halogens is 1. The van der Waals surface area contributed by atoms with Gasteiger partial charge in [-0.25, -0.2) is 0 Å². The van der Waals surface area contributed by atoms with Crippen molar-refractivity contribution in [1.29, 1.82) is 0 Å². The van der Waals surface area contributed by atoms with Crippen LogP contribution in [0.25, 0.3) is 0 Å². The molecule has 1 aromatic carbocycles. The van der Waals surface area contributed by atoms with Gasteiger partial charge in [0.15, 0.2) is 5.75 Å². The normalized spacial score (nSPS) is 10.2. The van der Waals surface area contributed by atoms with E-state index in [1.54, 1.807) is 29.5 Å². The first-order valence-electron chi connectivity index (χ1n) is 4.77. The van der Waals surface area contributed by atoms with Crippen LogP contribution < -0.4 is 4.74 Å². The maximum atomic E-state index is 10.8. The Bertz CT molecular complexity index is 541. The Balaban J connectivity index is 2.11. The topological polar surface area (TPSA) is 52.4 Å². The molecule has 0 bridgehead atoms. The predicted molar refractivity (Wildman–Crippen MR) is 69.4 cm³/mol. The second-order valence-electron chi connectivity index (χ2n) is 3.22. The summed E-state index contributed by atoms with van der Waals surface area (Å²) in [6, 6.07) is 10.2. The third-order valence-corrected chi connectivity index (χ3v) is 3.66. The average molecular weight is 314 g/mol. The van der Waals surface area contributed by atoms with E-state index in [2.05, 4.69) is 15.9 Å². The van der Waals surface area contributed by atoms with Crippen LogP contribution in [-0.2, 0) is 6.61 Å². The number of hydrogen-bond acceptors (Lipinski definition) is 4. The monoisotopic (exact) mass is 313 g/mol. The molecule has 4 nitrogen and oxygen atoms in total. The van der Waals surface area contributed by atoms with Crippen molar-refractivity contribution in [1.82, 2.24) is 0 Å². The molecule has 0 N–H and O–H groups in total. The molecule has 2 aromatic rings. The molecule has 0 spiro atoms. The minimum absolute atomic E-state index is 0.0110. The number of nitro benzene ring substituents is 1. The quantitative estimate of drug-likeness (QED) is 0.633. The average Bonchev–Trinajstić information content (AvgIpc) is 2.73. The Labute approximate surface area is 110 Å². The molecule has 0 radical (unpaired) electrons. The van der Waals surface area contributed by atoms with Crippen molar-refractivity contribution < 1.29 is 9.66 Å². The fourth-order valence-corrected chi connectivity index (χ4v) is 2.70. The van der Waals surface area contributed by atoms with Gasteiger partial charge in [0, 0.05) is 10.9 Å².